The highest BCUT2D eigenvalue weighted by Crippen LogP contribution is 2.27. The second-order valence-electron chi connectivity index (χ2n) is 4.73. The standard InChI is InChI=1S/C12H22N2O2.ClH/c1-2-7-16-9-12(15)14-10-3-4-11(14)8-13-6-5-10;/h10-11,13H,2-9H2,1H3;1H. The maximum Gasteiger partial charge on any atom is 0.249 e. The summed E-state index contributed by atoms with van der Waals surface area (Å²) >= 11 is 0. The van der Waals surface area contributed by atoms with Gasteiger partial charge in [-0.1, -0.05) is 6.92 Å². The minimum absolute atomic E-state index is 0. The molecular formula is C12H23ClN2O2. The molecule has 0 aromatic rings. The zero-order valence-electron chi connectivity index (χ0n) is 10.5. The number of fused-ring (bicyclic) bond motifs is 2. The lowest BCUT2D eigenvalue weighted by molar-refractivity contribution is -0.138. The summed E-state index contributed by atoms with van der Waals surface area (Å²) in [5.74, 6) is 0.185. The summed E-state index contributed by atoms with van der Waals surface area (Å²) in [6.45, 7) is 5.01. The molecule has 0 spiro atoms. The molecule has 0 saturated carbocycles. The number of carbonyl (C=O) groups is 1. The minimum atomic E-state index is 0. The van der Waals surface area contributed by atoms with E-state index in [4.69, 9.17) is 4.74 Å². The summed E-state index contributed by atoms with van der Waals surface area (Å²) in [7, 11) is 0. The van der Waals surface area contributed by atoms with Gasteiger partial charge in [0.15, 0.2) is 0 Å². The van der Waals surface area contributed by atoms with Crippen LogP contribution in [-0.2, 0) is 9.53 Å². The molecule has 0 aromatic heterocycles. The van der Waals surface area contributed by atoms with Crippen molar-refractivity contribution >= 4 is 18.3 Å². The van der Waals surface area contributed by atoms with Crippen molar-refractivity contribution in [1.82, 2.24) is 10.2 Å². The molecule has 17 heavy (non-hydrogen) atoms. The normalized spacial score (nSPS) is 27.5. The van der Waals surface area contributed by atoms with Crippen LogP contribution in [0.2, 0.25) is 0 Å². The van der Waals surface area contributed by atoms with Crippen LogP contribution < -0.4 is 5.32 Å². The molecule has 5 heteroatoms. The van der Waals surface area contributed by atoms with Crippen LogP contribution in [0.1, 0.15) is 32.6 Å². The minimum Gasteiger partial charge on any atom is -0.372 e. The molecule has 2 aliphatic heterocycles. The first kappa shape index (κ1) is 14.7. The lowest BCUT2D eigenvalue weighted by Gasteiger charge is -2.27. The van der Waals surface area contributed by atoms with E-state index in [1.165, 1.54) is 6.42 Å². The summed E-state index contributed by atoms with van der Waals surface area (Å²) in [6, 6.07) is 0.864. The number of nitrogens with one attached hydrogen (secondary N) is 1. The topological polar surface area (TPSA) is 41.6 Å². The molecule has 2 unspecified atom stereocenters. The second-order valence-corrected chi connectivity index (χ2v) is 4.73. The van der Waals surface area contributed by atoms with E-state index in [1.54, 1.807) is 0 Å². The van der Waals surface area contributed by atoms with Crippen LogP contribution in [0.4, 0.5) is 0 Å². The Kier molecular flexibility index (Phi) is 6.23. The summed E-state index contributed by atoms with van der Waals surface area (Å²) in [5, 5.41) is 3.40. The third-order valence-corrected chi connectivity index (χ3v) is 3.52. The molecule has 100 valence electrons. The fraction of sp³-hybridized carbons (Fsp3) is 0.917. The Hall–Kier alpha value is -0.320. The Labute approximate surface area is 109 Å². The second kappa shape index (κ2) is 7.19. The monoisotopic (exact) mass is 262 g/mol. The van der Waals surface area contributed by atoms with Crippen LogP contribution in [0, 0.1) is 0 Å². The van der Waals surface area contributed by atoms with Crippen molar-refractivity contribution in [3.05, 3.63) is 0 Å². The van der Waals surface area contributed by atoms with Gasteiger partial charge < -0.3 is 15.0 Å². The lowest BCUT2D eigenvalue weighted by Crippen LogP contribution is -2.44. The fourth-order valence-corrected chi connectivity index (χ4v) is 2.77. The molecule has 2 heterocycles. The number of rotatable bonds is 4. The molecule has 2 aliphatic rings. The van der Waals surface area contributed by atoms with Crippen LogP contribution in [0.15, 0.2) is 0 Å². The molecule has 0 aliphatic carbocycles. The summed E-state index contributed by atoms with van der Waals surface area (Å²) in [5.41, 5.74) is 0. The highest BCUT2D eigenvalue weighted by atomic mass is 35.5. The van der Waals surface area contributed by atoms with E-state index in [-0.39, 0.29) is 24.9 Å². The zero-order chi connectivity index (χ0) is 11.4. The number of hydrogen-bond acceptors (Lipinski definition) is 3. The molecule has 0 radical (unpaired) electrons. The van der Waals surface area contributed by atoms with Crippen LogP contribution in [0.5, 0.6) is 0 Å². The Morgan fingerprint density at radius 2 is 2.12 bits per heavy atom. The molecule has 2 bridgehead atoms. The number of carbonyl (C=O) groups excluding carboxylic acids is 1. The number of nitrogens with zero attached hydrogens (tertiary/aromatic N) is 1. The smallest absolute Gasteiger partial charge is 0.249 e. The van der Waals surface area contributed by atoms with Crippen LogP contribution in [0.25, 0.3) is 0 Å². The van der Waals surface area contributed by atoms with Crippen molar-refractivity contribution in [2.45, 2.75) is 44.7 Å². The molecule has 1 N–H and O–H groups in total. The third kappa shape index (κ3) is 3.57. The van der Waals surface area contributed by atoms with Gasteiger partial charge in [-0.25, -0.2) is 0 Å². The first-order chi connectivity index (χ1) is 7.83. The first-order valence-corrected chi connectivity index (χ1v) is 6.42. The Morgan fingerprint density at radius 1 is 1.35 bits per heavy atom. The van der Waals surface area contributed by atoms with Crippen LogP contribution in [-0.4, -0.2) is 49.2 Å². The van der Waals surface area contributed by atoms with Crippen molar-refractivity contribution in [2.75, 3.05) is 26.3 Å². The molecule has 0 aromatic carbocycles. The van der Waals surface area contributed by atoms with Crippen LogP contribution in [0.3, 0.4) is 0 Å². The van der Waals surface area contributed by atoms with Gasteiger partial charge in [-0.3, -0.25) is 4.79 Å². The molecule has 2 atom stereocenters. The average Bonchev–Trinajstić information content (AvgIpc) is 2.52. The summed E-state index contributed by atoms with van der Waals surface area (Å²) in [6.07, 6.45) is 4.39. The number of amides is 1. The van der Waals surface area contributed by atoms with Gasteiger partial charge in [0, 0.05) is 25.2 Å². The number of hydrogen-bond donors (Lipinski definition) is 1. The molecule has 2 fully saturated rings. The van der Waals surface area contributed by atoms with E-state index in [0.29, 0.717) is 18.7 Å². The van der Waals surface area contributed by atoms with Crippen molar-refractivity contribution in [2.24, 2.45) is 0 Å². The SMILES string of the molecule is CCCOCC(=O)N1C2CCNCC1CC2.Cl. The van der Waals surface area contributed by atoms with Crippen molar-refractivity contribution in [3.8, 4) is 0 Å². The Balaban J connectivity index is 0.00000144. The maximum atomic E-state index is 12.1. The Morgan fingerprint density at radius 3 is 2.88 bits per heavy atom. The highest BCUT2D eigenvalue weighted by molar-refractivity contribution is 5.85. The molecular weight excluding hydrogens is 240 g/mol. The van der Waals surface area contributed by atoms with Gasteiger partial charge in [-0.2, -0.15) is 0 Å². The van der Waals surface area contributed by atoms with Crippen molar-refractivity contribution in [3.63, 3.8) is 0 Å². The quantitative estimate of drug-likeness (QED) is 0.774. The zero-order valence-corrected chi connectivity index (χ0v) is 11.3. The maximum absolute atomic E-state index is 12.1. The lowest BCUT2D eigenvalue weighted by atomic mass is 10.1. The molecule has 2 rings (SSSR count). The van der Waals surface area contributed by atoms with Gasteiger partial charge in [0.2, 0.25) is 5.91 Å². The number of halogens is 1. The average molecular weight is 263 g/mol. The van der Waals surface area contributed by atoms with Gasteiger partial charge in [-0.05, 0) is 32.2 Å². The van der Waals surface area contributed by atoms with Gasteiger partial charge in [0.1, 0.15) is 6.61 Å². The fourth-order valence-electron chi connectivity index (χ4n) is 2.77. The molecule has 2 saturated heterocycles. The van der Waals surface area contributed by atoms with E-state index >= 15 is 0 Å². The van der Waals surface area contributed by atoms with E-state index < -0.39 is 0 Å². The Bertz CT molecular complexity index is 237. The van der Waals surface area contributed by atoms with Gasteiger partial charge in [0.25, 0.3) is 0 Å². The van der Waals surface area contributed by atoms with E-state index in [2.05, 4.69) is 17.1 Å². The van der Waals surface area contributed by atoms with Gasteiger partial charge in [-0.15, -0.1) is 12.4 Å². The van der Waals surface area contributed by atoms with Crippen LogP contribution >= 0.6 is 12.4 Å². The van der Waals surface area contributed by atoms with E-state index in [0.717, 1.165) is 32.4 Å². The van der Waals surface area contributed by atoms with Crippen molar-refractivity contribution < 1.29 is 9.53 Å². The summed E-state index contributed by atoms with van der Waals surface area (Å²) in [4.78, 5) is 14.1. The summed E-state index contributed by atoms with van der Waals surface area (Å²) < 4.78 is 5.35. The van der Waals surface area contributed by atoms with Gasteiger partial charge >= 0.3 is 0 Å². The predicted molar refractivity (Wildman–Crippen MR) is 69.5 cm³/mol. The highest BCUT2D eigenvalue weighted by Gasteiger charge is 2.37. The van der Waals surface area contributed by atoms with Crippen molar-refractivity contribution in [1.29, 1.82) is 0 Å². The number of ether oxygens (including phenoxy) is 1. The predicted octanol–water partition coefficient (Wildman–Crippen LogP) is 1.19. The molecule has 4 nitrogen and oxygen atoms in total. The third-order valence-electron chi connectivity index (χ3n) is 3.52. The largest absolute Gasteiger partial charge is 0.372 e. The van der Waals surface area contributed by atoms with Gasteiger partial charge in [0.05, 0.1) is 0 Å². The molecule has 1 amide bonds. The van der Waals surface area contributed by atoms with E-state index in [1.807, 2.05) is 0 Å². The first-order valence-electron chi connectivity index (χ1n) is 6.42. The van der Waals surface area contributed by atoms with E-state index in [9.17, 15) is 4.79 Å².